The van der Waals surface area contributed by atoms with Gasteiger partial charge in [0, 0.05) is 13.0 Å². The number of nitrogens with zero attached hydrogens (tertiary/aromatic N) is 1. The number of quaternary nitrogens is 1. The maximum atomic E-state index is 12.9. The molecule has 0 radical (unpaired) electrons. The average molecular weight is 498 g/mol. The van der Waals surface area contributed by atoms with Crippen LogP contribution < -0.4 is 22.3 Å². The van der Waals surface area contributed by atoms with E-state index in [1.807, 2.05) is 6.07 Å². The number of carbonyl (C=O) groups excluding carboxylic acids is 1. The lowest BCUT2D eigenvalue weighted by Gasteiger charge is -2.36. The van der Waals surface area contributed by atoms with Crippen molar-refractivity contribution in [1.29, 1.82) is 0 Å². The van der Waals surface area contributed by atoms with Crippen molar-refractivity contribution in [2.24, 2.45) is 0 Å². The number of amides is 1. The van der Waals surface area contributed by atoms with Gasteiger partial charge < -0.3 is 26.8 Å². The lowest BCUT2D eigenvalue weighted by atomic mass is 10.0. The number of benzene rings is 1. The van der Waals surface area contributed by atoms with Crippen molar-refractivity contribution in [3.05, 3.63) is 35.9 Å². The highest BCUT2D eigenvalue weighted by atomic mass is 79.9. The molecule has 3 nitrogen and oxygen atoms in total. The van der Waals surface area contributed by atoms with E-state index in [1.54, 1.807) is 0 Å². The van der Waals surface area contributed by atoms with E-state index in [2.05, 4.69) is 57.5 Å². The second-order valence-corrected chi connectivity index (χ2v) is 9.48. The highest BCUT2D eigenvalue weighted by molar-refractivity contribution is 5.81. The smallest absolute Gasteiger partial charge is 0.278 e. The van der Waals surface area contributed by atoms with E-state index in [0.29, 0.717) is 0 Å². The van der Waals surface area contributed by atoms with Crippen LogP contribution in [-0.4, -0.2) is 43.6 Å². The van der Waals surface area contributed by atoms with Crippen molar-refractivity contribution < 1.29 is 26.3 Å². The van der Waals surface area contributed by atoms with Crippen molar-refractivity contribution in [1.82, 2.24) is 5.32 Å². The summed E-state index contributed by atoms with van der Waals surface area (Å²) in [5, 5.41) is 3.22. The first-order valence-corrected chi connectivity index (χ1v) is 12.7. The van der Waals surface area contributed by atoms with Crippen LogP contribution in [0, 0.1) is 0 Å². The molecule has 31 heavy (non-hydrogen) atoms. The van der Waals surface area contributed by atoms with Crippen LogP contribution in [0.5, 0.6) is 0 Å². The second-order valence-electron chi connectivity index (χ2n) is 9.48. The number of nitrogens with one attached hydrogen (secondary N) is 1. The number of hydrogen-bond acceptors (Lipinski definition) is 1. The lowest BCUT2D eigenvalue weighted by Crippen LogP contribution is -3.00. The average Bonchev–Trinajstić information content (AvgIpc) is 2.75. The molecule has 0 saturated heterocycles. The Balaban J connectivity index is 0.00000900. The largest absolute Gasteiger partial charge is 1.00 e. The van der Waals surface area contributed by atoms with E-state index >= 15 is 0 Å². The summed E-state index contributed by atoms with van der Waals surface area (Å²) in [5.74, 6) is 0.203. The van der Waals surface area contributed by atoms with Crippen LogP contribution in [0.1, 0.15) is 96.5 Å². The normalized spacial score (nSPS) is 12.3. The predicted octanol–water partition coefficient (Wildman–Crippen LogP) is 3.52. The lowest BCUT2D eigenvalue weighted by molar-refractivity contribution is -0.904. The first-order chi connectivity index (χ1) is 14.5. The number of likely N-dealkylation sites (N-methyl/N-ethyl adjacent to an activating group) is 1. The molecule has 0 fully saturated rings. The van der Waals surface area contributed by atoms with Crippen LogP contribution in [0.3, 0.4) is 0 Å². The van der Waals surface area contributed by atoms with Crippen molar-refractivity contribution in [3.63, 3.8) is 0 Å². The zero-order valence-corrected chi connectivity index (χ0v) is 22.4. The van der Waals surface area contributed by atoms with Gasteiger partial charge in [-0.15, -0.1) is 0 Å². The molecule has 180 valence electrons. The van der Waals surface area contributed by atoms with Crippen molar-refractivity contribution in [2.45, 2.75) is 103 Å². The van der Waals surface area contributed by atoms with E-state index in [4.69, 9.17) is 0 Å². The summed E-state index contributed by atoms with van der Waals surface area (Å²) >= 11 is 0. The minimum Gasteiger partial charge on any atom is -1.00 e. The fraction of sp³-hybridized carbons (Fsp3) is 0.741. The Bertz CT molecular complexity index is 547. The first-order valence-electron chi connectivity index (χ1n) is 12.7. The van der Waals surface area contributed by atoms with Gasteiger partial charge in [0.05, 0.1) is 20.6 Å². The quantitative estimate of drug-likeness (QED) is 0.244. The minimum atomic E-state index is -0.0327. The summed E-state index contributed by atoms with van der Waals surface area (Å²) in [7, 11) is 4.33. The highest BCUT2D eigenvalue weighted by Crippen LogP contribution is 2.15. The van der Waals surface area contributed by atoms with Gasteiger partial charge in [-0.05, 0) is 18.9 Å². The molecule has 0 aromatic heterocycles. The van der Waals surface area contributed by atoms with Crippen molar-refractivity contribution in [2.75, 3.05) is 27.2 Å². The number of hydrogen-bond donors (Lipinski definition) is 1. The van der Waals surface area contributed by atoms with Gasteiger partial charge in [0.1, 0.15) is 0 Å². The molecule has 1 amide bonds. The van der Waals surface area contributed by atoms with Gasteiger partial charge in [-0.1, -0.05) is 108 Å². The zero-order valence-electron chi connectivity index (χ0n) is 20.8. The third kappa shape index (κ3) is 14.0. The Morgan fingerprint density at radius 2 is 1.29 bits per heavy atom. The first kappa shape index (κ1) is 30.1. The SMILES string of the molecule is CCCCCCCCCCCCCCNC(=O)[C@H](Cc1ccccc1)[N+](C)(C)CC.[Br-]. The summed E-state index contributed by atoms with van der Waals surface area (Å²) in [6.45, 7) is 6.20. The van der Waals surface area contributed by atoms with Crippen molar-refractivity contribution >= 4 is 5.91 Å². The molecule has 1 rings (SSSR count). The van der Waals surface area contributed by atoms with Crippen LogP contribution in [-0.2, 0) is 11.2 Å². The van der Waals surface area contributed by atoms with Crippen LogP contribution >= 0.6 is 0 Å². The monoisotopic (exact) mass is 496 g/mol. The molecular weight excluding hydrogens is 448 g/mol. The fourth-order valence-electron chi connectivity index (χ4n) is 4.01. The van der Waals surface area contributed by atoms with Gasteiger partial charge in [-0.25, -0.2) is 0 Å². The van der Waals surface area contributed by atoms with E-state index in [1.165, 1.54) is 76.2 Å². The topological polar surface area (TPSA) is 29.1 Å². The third-order valence-corrected chi connectivity index (χ3v) is 6.56. The molecule has 1 aromatic carbocycles. The van der Waals surface area contributed by atoms with Crippen LogP contribution in [0.4, 0.5) is 0 Å². The minimum absolute atomic E-state index is 0. The third-order valence-electron chi connectivity index (χ3n) is 6.56. The molecular formula is C27H49BrN2O. The summed E-state index contributed by atoms with van der Waals surface area (Å²) in [5.41, 5.74) is 1.24. The Morgan fingerprint density at radius 1 is 0.806 bits per heavy atom. The van der Waals surface area contributed by atoms with E-state index in [-0.39, 0.29) is 28.9 Å². The highest BCUT2D eigenvalue weighted by Gasteiger charge is 2.33. The summed E-state index contributed by atoms with van der Waals surface area (Å²) < 4.78 is 0.721. The fourth-order valence-corrected chi connectivity index (χ4v) is 4.01. The van der Waals surface area contributed by atoms with Gasteiger partial charge >= 0.3 is 0 Å². The van der Waals surface area contributed by atoms with E-state index in [0.717, 1.165) is 30.4 Å². The van der Waals surface area contributed by atoms with E-state index < -0.39 is 0 Å². The maximum absolute atomic E-state index is 12.9. The molecule has 4 heteroatoms. The molecule has 0 heterocycles. The van der Waals surface area contributed by atoms with Crippen LogP contribution in [0.2, 0.25) is 0 Å². The zero-order chi connectivity index (χ0) is 22.1. The Kier molecular flexibility index (Phi) is 18.2. The summed E-state index contributed by atoms with van der Waals surface area (Å²) in [4.78, 5) is 12.9. The van der Waals surface area contributed by atoms with E-state index in [9.17, 15) is 4.79 Å². The molecule has 0 spiro atoms. The summed E-state index contributed by atoms with van der Waals surface area (Å²) in [6.07, 6.45) is 17.0. The van der Waals surface area contributed by atoms with Crippen LogP contribution in [0.25, 0.3) is 0 Å². The molecule has 0 saturated carbocycles. The number of rotatable bonds is 18. The van der Waals surface area contributed by atoms with Crippen LogP contribution in [0.15, 0.2) is 30.3 Å². The number of halogens is 1. The van der Waals surface area contributed by atoms with Gasteiger partial charge in [0.2, 0.25) is 0 Å². The van der Waals surface area contributed by atoms with Crippen molar-refractivity contribution in [3.8, 4) is 0 Å². The summed E-state index contributed by atoms with van der Waals surface area (Å²) in [6, 6.07) is 10.4. The molecule has 1 atom stereocenters. The molecule has 0 aliphatic carbocycles. The second kappa shape index (κ2) is 18.7. The standard InChI is InChI=1S/C27H48N2O.BrH/c1-5-7-8-9-10-11-12-13-14-15-16-20-23-28-27(30)26(29(3,4)6-2)24-25-21-18-17-19-22-25;/h17-19,21-22,26H,5-16,20,23-24H2,1-4H3;1H/t26-;/m0./s1. The van der Waals surface area contributed by atoms with Gasteiger partial charge in [-0.3, -0.25) is 4.79 Å². The number of unbranched alkanes of at least 4 members (excludes halogenated alkanes) is 11. The molecule has 0 unspecified atom stereocenters. The molecule has 0 bridgehead atoms. The van der Waals surface area contributed by atoms with Gasteiger partial charge in [0.25, 0.3) is 5.91 Å². The molecule has 1 N–H and O–H groups in total. The van der Waals surface area contributed by atoms with Gasteiger partial charge in [-0.2, -0.15) is 0 Å². The Hall–Kier alpha value is -0.870. The predicted molar refractivity (Wildman–Crippen MR) is 131 cm³/mol. The Morgan fingerprint density at radius 3 is 1.77 bits per heavy atom. The molecule has 0 aliphatic heterocycles. The Labute approximate surface area is 203 Å². The maximum Gasteiger partial charge on any atom is 0.278 e. The van der Waals surface area contributed by atoms with Gasteiger partial charge in [0.15, 0.2) is 6.04 Å². The molecule has 1 aromatic rings. The molecule has 0 aliphatic rings. The number of carbonyl (C=O) groups is 1.